The number of allylic oxidation sites excluding steroid dienone is 1. The molecule has 46 heavy (non-hydrogen) atoms. The van der Waals surface area contributed by atoms with Crippen molar-refractivity contribution >= 4 is 23.9 Å². The van der Waals surface area contributed by atoms with Gasteiger partial charge < -0.3 is 30.1 Å². The van der Waals surface area contributed by atoms with E-state index in [1.807, 2.05) is 60.7 Å². The van der Waals surface area contributed by atoms with Gasteiger partial charge in [0.2, 0.25) is 11.8 Å². The van der Waals surface area contributed by atoms with Crippen molar-refractivity contribution in [3.8, 4) is 0 Å². The van der Waals surface area contributed by atoms with E-state index in [1.165, 1.54) is 6.42 Å². The summed E-state index contributed by atoms with van der Waals surface area (Å²) in [5.74, 6) is -1.35. The standard InChI is InChI=1S/C36H47N3O7/c40-21-20-39(24-28-14-6-2-7-15-28)33(41)23-30-18-10-11-19-32(38-36(44)46-25-29-16-8-3-9-17-29)35(43)45-26-31(37-34(30)42)22-27-12-4-1-5-13-27/h2-3,6-11,14-17,27,30-32,40H,1,4-5,12-13,18-26H2,(H,37,42)(H,38,44). The number of aliphatic hydroxyl groups is 1. The second kappa shape index (κ2) is 18.7. The fourth-order valence-electron chi connectivity index (χ4n) is 6.05. The molecule has 0 bridgehead atoms. The molecule has 3 N–H and O–H groups in total. The Morgan fingerprint density at radius 3 is 2.30 bits per heavy atom. The zero-order valence-corrected chi connectivity index (χ0v) is 26.5. The highest BCUT2D eigenvalue weighted by molar-refractivity contribution is 5.86. The SMILES string of the molecule is O=C(NC1CC=CCC(CC(=O)N(CCO)Cc2ccccc2)C(=O)NC(CC2CCCCC2)COC1=O)OCc1ccccc1. The van der Waals surface area contributed by atoms with Gasteiger partial charge in [-0.2, -0.15) is 0 Å². The fraction of sp³-hybridized carbons (Fsp3) is 0.500. The first-order valence-electron chi connectivity index (χ1n) is 16.4. The van der Waals surface area contributed by atoms with Crippen LogP contribution in [0.15, 0.2) is 72.8 Å². The first-order chi connectivity index (χ1) is 22.4. The highest BCUT2D eigenvalue weighted by Gasteiger charge is 2.30. The van der Waals surface area contributed by atoms with Gasteiger partial charge in [-0.05, 0) is 36.3 Å². The lowest BCUT2D eigenvalue weighted by molar-refractivity contribution is -0.147. The van der Waals surface area contributed by atoms with Crippen LogP contribution < -0.4 is 10.6 Å². The van der Waals surface area contributed by atoms with Crippen molar-refractivity contribution < 1.29 is 33.8 Å². The van der Waals surface area contributed by atoms with E-state index in [1.54, 1.807) is 17.1 Å². The number of hydrogen-bond acceptors (Lipinski definition) is 7. The van der Waals surface area contributed by atoms with Crippen LogP contribution in [0.3, 0.4) is 0 Å². The number of ether oxygens (including phenoxy) is 2. The molecule has 0 spiro atoms. The number of esters is 1. The number of alkyl carbamates (subject to hydrolysis) is 1. The number of nitrogens with one attached hydrogen (secondary N) is 2. The molecule has 2 aliphatic rings. The molecule has 10 nitrogen and oxygen atoms in total. The van der Waals surface area contributed by atoms with E-state index in [-0.39, 0.29) is 57.4 Å². The summed E-state index contributed by atoms with van der Waals surface area (Å²) < 4.78 is 11.0. The van der Waals surface area contributed by atoms with Gasteiger partial charge in [-0.15, -0.1) is 0 Å². The van der Waals surface area contributed by atoms with Gasteiger partial charge >= 0.3 is 12.1 Å². The summed E-state index contributed by atoms with van der Waals surface area (Å²) in [4.78, 5) is 54.5. The Balaban J connectivity index is 1.46. The number of rotatable bonds is 11. The molecule has 0 radical (unpaired) electrons. The number of nitrogens with zero attached hydrogens (tertiary/aromatic N) is 1. The minimum Gasteiger partial charge on any atom is -0.462 e. The lowest BCUT2D eigenvalue weighted by Crippen LogP contribution is -2.47. The molecular formula is C36H47N3O7. The van der Waals surface area contributed by atoms with Gasteiger partial charge in [-0.25, -0.2) is 9.59 Å². The summed E-state index contributed by atoms with van der Waals surface area (Å²) in [6.07, 6.45) is 9.35. The Kier molecular flexibility index (Phi) is 14.1. The van der Waals surface area contributed by atoms with Crippen molar-refractivity contribution in [1.82, 2.24) is 15.5 Å². The van der Waals surface area contributed by atoms with Gasteiger partial charge in [0.05, 0.1) is 18.6 Å². The number of benzene rings is 2. The molecule has 0 saturated heterocycles. The molecule has 248 valence electrons. The maximum Gasteiger partial charge on any atom is 0.408 e. The molecule has 3 atom stereocenters. The second-order valence-corrected chi connectivity index (χ2v) is 12.2. The van der Waals surface area contributed by atoms with Crippen molar-refractivity contribution in [3.63, 3.8) is 0 Å². The monoisotopic (exact) mass is 633 g/mol. The van der Waals surface area contributed by atoms with Gasteiger partial charge in [-0.1, -0.05) is 105 Å². The first-order valence-corrected chi connectivity index (χ1v) is 16.4. The average Bonchev–Trinajstić information content (AvgIpc) is 3.07. The van der Waals surface area contributed by atoms with E-state index in [0.29, 0.717) is 18.9 Å². The number of cyclic esters (lactones) is 1. The summed E-state index contributed by atoms with van der Waals surface area (Å²) in [7, 11) is 0. The number of carbonyl (C=O) groups excluding carboxylic acids is 4. The zero-order chi connectivity index (χ0) is 32.6. The predicted octanol–water partition coefficient (Wildman–Crippen LogP) is 4.66. The molecular weight excluding hydrogens is 586 g/mol. The minimum atomic E-state index is -0.976. The number of aliphatic hydroxyl groups excluding tert-OH is 1. The third kappa shape index (κ3) is 11.6. The van der Waals surface area contributed by atoms with Crippen LogP contribution in [0.4, 0.5) is 4.79 Å². The van der Waals surface area contributed by atoms with Crippen molar-refractivity contribution in [3.05, 3.63) is 83.9 Å². The molecule has 1 heterocycles. The molecule has 0 aromatic heterocycles. The van der Waals surface area contributed by atoms with Crippen LogP contribution in [0.5, 0.6) is 0 Å². The first kappa shape index (κ1) is 34.7. The van der Waals surface area contributed by atoms with Crippen LogP contribution in [0.1, 0.15) is 68.9 Å². The smallest absolute Gasteiger partial charge is 0.408 e. The summed E-state index contributed by atoms with van der Waals surface area (Å²) in [5.41, 5.74) is 1.75. The maximum absolute atomic E-state index is 13.7. The maximum atomic E-state index is 13.7. The quantitative estimate of drug-likeness (QED) is 0.242. The molecule has 1 fully saturated rings. The lowest BCUT2D eigenvalue weighted by Gasteiger charge is -2.29. The number of hydrogen-bond donors (Lipinski definition) is 3. The molecule has 10 heteroatoms. The Morgan fingerprint density at radius 2 is 1.61 bits per heavy atom. The van der Waals surface area contributed by atoms with Crippen LogP contribution >= 0.6 is 0 Å². The fourth-order valence-corrected chi connectivity index (χ4v) is 6.05. The van der Waals surface area contributed by atoms with Gasteiger partial charge in [0, 0.05) is 19.5 Å². The molecule has 2 aromatic rings. The van der Waals surface area contributed by atoms with Crippen LogP contribution in [0, 0.1) is 11.8 Å². The van der Waals surface area contributed by atoms with Gasteiger partial charge in [0.1, 0.15) is 19.3 Å². The zero-order valence-electron chi connectivity index (χ0n) is 26.5. The minimum absolute atomic E-state index is 0.0344. The topological polar surface area (TPSA) is 134 Å². The Morgan fingerprint density at radius 1 is 0.935 bits per heavy atom. The van der Waals surface area contributed by atoms with Crippen molar-refractivity contribution in [2.45, 2.75) is 83.0 Å². The summed E-state index contributed by atoms with van der Waals surface area (Å²) in [6, 6.07) is 17.4. The molecule has 1 aliphatic heterocycles. The van der Waals surface area contributed by atoms with Crippen molar-refractivity contribution in [1.29, 1.82) is 0 Å². The van der Waals surface area contributed by atoms with E-state index < -0.39 is 30.1 Å². The molecule has 2 aromatic carbocycles. The van der Waals surface area contributed by atoms with Gasteiger partial charge in [0.25, 0.3) is 0 Å². The molecule has 1 saturated carbocycles. The van der Waals surface area contributed by atoms with E-state index in [4.69, 9.17) is 9.47 Å². The number of carbonyl (C=O) groups is 4. The van der Waals surface area contributed by atoms with E-state index >= 15 is 0 Å². The van der Waals surface area contributed by atoms with Gasteiger partial charge in [0.15, 0.2) is 0 Å². The average molecular weight is 634 g/mol. The Hall–Kier alpha value is -4.18. The Bertz CT molecular complexity index is 1280. The lowest BCUT2D eigenvalue weighted by atomic mass is 9.84. The third-order valence-corrected chi connectivity index (χ3v) is 8.59. The number of amides is 3. The van der Waals surface area contributed by atoms with E-state index in [0.717, 1.165) is 36.8 Å². The van der Waals surface area contributed by atoms with Crippen molar-refractivity contribution in [2.75, 3.05) is 19.8 Å². The summed E-state index contributed by atoms with van der Waals surface area (Å²) in [6.45, 7) is 0.330. The largest absolute Gasteiger partial charge is 0.462 e. The summed E-state index contributed by atoms with van der Waals surface area (Å²) in [5, 5.41) is 15.4. The van der Waals surface area contributed by atoms with Crippen molar-refractivity contribution in [2.24, 2.45) is 11.8 Å². The predicted molar refractivity (Wildman–Crippen MR) is 173 cm³/mol. The Labute approximate surface area is 271 Å². The van der Waals surface area contributed by atoms with Crippen LogP contribution in [0.25, 0.3) is 0 Å². The van der Waals surface area contributed by atoms with Crippen LogP contribution in [0.2, 0.25) is 0 Å². The van der Waals surface area contributed by atoms with Crippen LogP contribution in [-0.4, -0.2) is 65.7 Å². The third-order valence-electron chi connectivity index (χ3n) is 8.59. The highest BCUT2D eigenvalue weighted by atomic mass is 16.6. The summed E-state index contributed by atoms with van der Waals surface area (Å²) >= 11 is 0. The molecule has 1 aliphatic carbocycles. The molecule has 4 rings (SSSR count). The molecule has 3 amide bonds. The highest BCUT2D eigenvalue weighted by Crippen LogP contribution is 2.28. The van der Waals surface area contributed by atoms with E-state index in [9.17, 15) is 24.3 Å². The normalized spacial score (nSPS) is 21.2. The van der Waals surface area contributed by atoms with Crippen LogP contribution in [-0.2, 0) is 37.0 Å². The second-order valence-electron chi connectivity index (χ2n) is 12.2. The van der Waals surface area contributed by atoms with E-state index in [2.05, 4.69) is 10.6 Å². The van der Waals surface area contributed by atoms with Gasteiger partial charge in [-0.3, -0.25) is 9.59 Å². The molecule has 3 unspecified atom stereocenters.